The molecular formula is C14H13N3OS. The average molecular weight is 271 g/mol. The SMILES string of the molecule is COc1ccc(CSc2ccncc2N)cc1C#N. The van der Waals surface area contributed by atoms with Crippen LogP contribution in [0.1, 0.15) is 11.1 Å². The molecule has 0 unspecified atom stereocenters. The van der Waals surface area contributed by atoms with E-state index in [2.05, 4.69) is 11.1 Å². The number of hydrogen-bond acceptors (Lipinski definition) is 5. The zero-order chi connectivity index (χ0) is 13.7. The number of aromatic nitrogens is 1. The summed E-state index contributed by atoms with van der Waals surface area (Å²) in [6.07, 6.45) is 3.35. The third-order valence-corrected chi connectivity index (χ3v) is 3.75. The van der Waals surface area contributed by atoms with Gasteiger partial charge >= 0.3 is 0 Å². The van der Waals surface area contributed by atoms with Crippen molar-refractivity contribution >= 4 is 17.4 Å². The van der Waals surface area contributed by atoms with E-state index in [0.717, 1.165) is 16.2 Å². The molecule has 1 aromatic carbocycles. The highest BCUT2D eigenvalue weighted by Gasteiger charge is 2.05. The second kappa shape index (κ2) is 6.12. The number of ether oxygens (including phenoxy) is 1. The van der Waals surface area contributed by atoms with Gasteiger partial charge in [-0.05, 0) is 23.8 Å². The van der Waals surface area contributed by atoms with Gasteiger partial charge in [0.05, 0.1) is 24.6 Å². The van der Waals surface area contributed by atoms with Crippen LogP contribution in [0, 0.1) is 11.3 Å². The zero-order valence-corrected chi connectivity index (χ0v) is 11.3. The van der Waals surface area contributed by atoms with Crippen LogP contribution in [-0.4, -0.2) is 12.1 Å². The minimum Gasteiger partial charge on any atom is -0.495 e. The van der Waals surface area contributed by atoms with Crippen LogP contribution < -0.4 is 10.5 Å². The van der Waals surface area contributed by atoms with Gasteiger partial charge in [-0.25, -0.2) is 0 Å². The Morgan fingerprint density at radius 1 is 1.42 bits per heavy atom. The Morgan fingerprint density at radius 3 is 2.95 bits per heavy atom. The Bertz CT molecular complexity index is 622. The van der Waals surface area contributed by atoms with E-state index < -0.39 is 0 Å². The summed E-state index contributed by atoms with van der Waals surface area (Å²) < 4.78 is 5.12. The third-order valence-electron chi connectivity index (χ3n) is 2.59. The number of nitriles is 1. The normalized spacial score (nSPS) is 9.89. The predicted molar refractivity (Wildman–Crippen MR) is 75.9 cm³/mol. The fourth-order valence-corrected chi connectivity index (χ4v) is 2.50. The molecule has 2 rings (SSSR count). The molecule has 0 aliphatic rings. The Morgan fingerprint density at radius 2 is 2.26 bits per heavy atom. The Hall–Kier alpha value is -2.19. The number of anilines is 1. The van der Waals surface area contributed by atoms with Gasteiger partial charge in [-0.1, -0.05) is 6.07 Å². The molecule has 19 heavy (non-hydrogen) atoms. The first kappa shape index (κ1) is 13.2. The molecule has 0 spiro atoms. The van der Waals surface area contributed by atoms with Crippen LogP contribution in [0.15, 0.2) is 41.6 Å². The maximum Gasteiger partial charge on any atom is 0.136 e. The minimum absolute atomic E-state index is 0.545. The highest BCUT2D eigenvalue weighted by Crippen LogP contribution is 2.28. The highest BCUT2D eigenvalue weighted by atomic mass is 32.2. The summed E-state index contributed by atoms with van der Waals surface area (Å²) in [5, 5.41) is 9.04. The van der Waals surface area contributed by atoms with E-state index in [0.29, 0.717) is 17.0 Å². The lowest BCUT2D eigenvalue weighted by Crippen LogP contribution is -1.92. The van der Waals surface area contributed by atoms with Gasteiger partial charge in [0.25, 0.3) is 0 Å². The largest absolute Gasteiger partial charge is 0.495 e. The molecule has 4 nitrogen and oxygen atoms in total. The fourth-order valence-electron chi connectivity index (χ4n) is 1.62. The lowest BCUT2D eigenvalue weighted by Gasteiger charge is -2.07. The van der Waals surface area contributed by atoms with E-state index in [-0.39, 0.29) is 0 Å². The van der Waals surface area contributed by atoms with Crippen LogP contribution in [0.3, 0.4) is 0 Å². The maximum atomic E-state index is 9.04. The molecule has 0 atom stereocenters. The number of pyridine rings is 1. The first-order chi connectivity index (χ1) is 9.24. The average Bonchev–Trinajstić information content (AvgIpc) is 2.46. The van der Waals surface area contributed by atoms with Gasteiger partial charge in [-0.3, -0.25) is 4.98 Å². The molecule has 2 N–H and O–H groups in total. The van der Waals surface area contributed by atoms with Crippen molar-refractivity contribution in [2.45, 2.75) is 10.6 Å². The molecule has 0 saturated carbocycles. The van der Waals surface area contributed by atoms with Gasteiger partial charge in [0.1, 0.15) is 11.8 Å². The summed E-state index contributed by atoms with van der Waals surface area (Å²) in [4.78, 5) is 4.94. The monoisotopic (exact) mass is 271 g/mol. The van der Waals surface area contributed by atoms with Crippen molar-refractivity contribution in [1.29, 1.82) is 5.26 Å². The number of benzene rings is 1. The molecule has 2 aromatic rings. The molecule has 0 fully saturated rings. The molecule has 0 bridgehead atoms. The Kier molecular flexibility index (Phi) is 4.26. The van der Waals surface area contributed by atoms with Gasteiger partial charge < -0.3 is 10.5 Å². The summed E-state index contributed by atoms with van der Waals surface area (Å²) in [5.74, 6) is 1.34. The number of nitrogens with two attached hydrogens (primary N) is 1. The smallest absolute Gasteiger partial charge is 0.136 e. The van der Waals surface area contributed by atoms with Crippen LogP contribution in [0.25, 0.3) is 0 Å². The second-order valence-electron chi connectivity index (χ2n) is 3.85. The van der Waals surface area contributed by atoms with Crippen molar-refractivity contribution in [3.8, 4) is 11.8 Å². The molecule has 0 aliphatic heterocycles. The first-order valence-electron chi connectivity index (χ1n) is 5.64. The van der Waals surface area contributed by atoms with E-state index in [1.54, 1.807) is 31.3 Å². The predicted octanol–water partition coefficient (Wildman–Crippen LogP) is 2.84. The highest BCUT2D eigenvalue weighted by molar-refractivity contribution is 7.98. The van der Waals surface area contributed by atoms with E-state index >= 15 is 0 Å². The minimum atomic E-state index is 0.545. The van der Waals surface area contributed by atoms with Crippen LogP contribution in [-0.2, 0) is 5.75 Å². The van der Waals surface area contributed by atoms with E-state index in [1.807, 2.05) is 24.3 Å². The lowest BCUT2D eigenvalue weighted by molar-refractivity contribution is 0.413. The number of hydrogen-bond donors (Lipinski definition) is 1. The van der Waals surface area contributed by atoms with Gasteiger partial charge in [0.2, 0.25) is 0 Å². The van der Waals surface area contributed by atoms with Crippen LogP contribution in [0.5, 0.6) is 5.75 Å². The standard InChI is InChI=1S/C14H13N3OS/c1-18-13-3-2-10(6-11(13)7-15)9-19-14-4-5-17-8-12(14)16/h2-6,8H,9,16H2,1H3. The molecule has 1 aromatic heterocycles. The second-order valence-corrected chi connectivity index (χ2v) is 4.87. The van der Waals surface area contributed by atoms with E-state index in [1.165, 1.54) is 0 Å². The number of rotatable bonds is 4. The quantitative estimate of drug-likeness (QED) is 0.866. The molecule has 1 heterocycles. The van der Waals surface area contributed by atoms with Gasteiger partial charge in [0, 0.05) is 16.8 Å². The summed E-state index contributed by atoms with van der Waals surface area (Å²) in [6.45, 7) is 0. The maximum absolute atomic E-state index is 9.04. The summed E-state index contributed by atoms with van der Waals surface area (Å²) in [5.41, 5.74) is 8.10. The Labute approximate surface area is 116 Å². The molecule has 5 heteroatoms. The number of thioether (sulfide) groups is 1. The van der Waals surface area contributed by atoms with Crippen LogP contribution in [0.2, 0.25) is 0 Å². The number of methoxy groups -OCH3 is 1. The molecule has 96 valence electrons. The zero-order valence-electron chi connectivity index (χ0n) is 10.5. The van der Waals surface area contributed by atoms with Crippen molar-refractivity contribution in [3.05, 3.63) is 47.8 Å². The van der Waals surface area contributed by atoms with Crippen molar-refractivity contribution < 1.29 is 4.74 Å². The third kappa shape index (κ3) is 3.18. The topological polar surface area (TPSA) is 71.9 Å². The molecule has 0 radical (unpaired) electrons. The lowest BCUT2D eigenvalue weighted by atomic mass is 10.1. The van der Waals surface area contributed by atoms with Crippen molar-refractivity contribution in [2.75, 3.05) is 12.8 Å². The van der Waals surface area contributed by atoms with E-state index in [9.17, 15) is 0 Å². The summed E-state index contributed by atoms with van der Waals surface area (Å²) >= 11 is 1.62. The Balaban J connectivity index is 2.13. The van der Waals surface area contributed by atoms with Crippen LogP contribution in [0.4, 0.5) is 5.69 Å². The fraction of sp³-hybridized carbons (Fsp3) is 0.143. The molecule has 0 amide bonds. The molecular weight excluding hydrogens is 258 g/mol. The van der Waals surface area contributed by atoms with Crippen molar-refractivity contribution in [3.63, 3.8) is 0 Å². The summed E-state index contributed by atoms with van der Waals surface area (Å²) in [6, 6.07) is 9.61. The molecule has 0 aliphatic carbocycles. The number of nitrogen functional groups attached to an aromatic ring is 1. The van der Waals surface area contributed by atoms with Crippen molar-refractivity contribution in [1.82, 2.24) is 4.98 Å². The van der Waals surface area contributed by atoms with Crippen molar-refractivity contribution in [2.24, 2.45) is 0 Å². The first-order valence-corrected chi connectivity index (χ1v) is 6.62. The van der Waals surface area contributed by atoms with Gasteiger partial charge in [-0.2, -0.15) is 5.26 Å². The van der Waals surface area contributed by atoms with E-state index in [4.69, 9.17) is 15.7 Å². The van der Waals surface area contributed by atoms with Gasteiger partial charge in [-0.15, -0.1) is 11.8 Å². The van der Waals surface area contributed by atoms with Crippen LogP contribution >= 0.6 is 11.8 Å². The summed E-state index contributed by atoms with van der Waals surface area (Å²) in [7, 11) is 1.56. The van der Waals surface area contributed by atoms with Gasteiger partial charge in [0.15, 0.2) is 0 Å². The number of nitrogens with zero attached hydrogens (tertiary/aromatic N) is 2. The molecule has 0 saturated heterocycles.